The molecule has 0 heterocycles. The molecule has 0 aromatic carbocycles. The van der Waals surface area contributed by atoms with Gasteiger partial charge in [-0.25, -0.2) is 0 Å². The summed E-state index contributed by atoms with van der Waals surface area (Å²) in [5.74, 6) is 0.702. The van der Waals surface area contributed by atoms with E-state index in [-0.39, 0.29) is 16.2 Å². The van der Waals surface area contributed by atoms with Crippen LogP contribution in [0.25, 0.3) is 0 Å². The lowest BCUT2D eigenvalue weighted by molar-refractivity contribution is 0.0402. The fraction of sp³-hybridized carbons (Fsp3) is 0.810. The fourth-order valence-corrected chi connectivity index (χ4v) is 5.18. The highest BCUT2D eigenvalue weighted by Gasteiger charge is 2.44. The molecule has 1 N–H and O–H groups in total. The Balaban J connectivity index is 2.29. The van der Waals surface area contributed by atoms with Gasteiger partial charge in [-0.1, -0.05) is 58.3 Å². The molecule has 1 nitrogen and oxygen atoms in total. The molecule has 22 heavy (non-hydrogen) atoms. The van der Waals surface area contributed by atoms with Gasteiger partial charge in [0.15, 0.2) is 0 Å². The highest BCUT2D eigenvalue weighted by atomic mass is 16.3. The lowest BCUT2D eigenvalue weighted by Crippen LogP contribution is -2.40. The highest BCUT2D eigenvalue weighted by molar-refractivity contribution is 5.24. The minimum atomic E-state index is 0.115. The number of aliphatic hydroxyl groups is 1. The molecule has 2 aliphatic carbocycles. The Hall–Kier alpha value is -0.560. The first-order chi connectivity index (χ1) is 10.3. The van der Waals surface area contributed by atoms with Crippen molar-refractivity contribution in [1.82, 2.24) is 0 Å². The molecule has 1 unspecified atom stereocenters. The summed E-state index contributed by atoms with van der Waals surface area (Å²) in [6, 6.07) is 0. The van der Waals surface area contributed by atoms with Crippen LogP contribution in [-0.4, -0.2) is 11.7 Å². The van der Waals surface area contributed by atoms with Gasteiger partial charge >= 0.3 is 0 Å². The lowest BCUT2D eigenvalue weighted by atomic mass is 9.55. The molecule has 0 bridgehead atoms. The summed E-state index contributed by atoms with van der Waals surface area (Å²) in [6.45, 7) is 13.8. The van der Waals surface area contributed by atoms with Crippen molar-refractivity contribution in [1.29, 1.82) is 0 Å². The van der Waals surface area contributed by atoms with E-state index in [1.165, 1.54) is 38.5 Å². The van der Waals surface area contributed by atoms with E-state index in [1.54, 1.807) is 5.57 Å². The second-order valence-electron chi connectivity index (χ2n) is 8.97. The molecule has 0 aromatic heterocycles. The Morgan fingerprint density at radius 2 is 2.05 bits per heavy atom. The van der Waals surface area contributed by atoms with Gasteiger partial charge in [-0.15, -0.1) is 6.58 Å². The van der Waals surface area contributed by atoms with Gasteiger partial charge in [0.25, 0.3) is 0 Å². The zero-order valence-electron chi connectivity index (χ0n) is 15.3. The molecule has 2 rings (SSSR count). The maximum absolute atomic E-state index is 9.84. The largest absolute Gasteiger partial charge is 0.396 e. The molecular formula is C21H36O. The van der Waals surface area contributed by atoms with Crippen LogP contribution >= 0.6 is 0 Å². The van der Waals surface area contributed by atoms with E-state index >= 15 is 0 Å². The Kier molecular flexibility index (Phi) is 5.27. The molecule has 1 heteroatoms. The number of rotatable bonds is 5. The van der Waals surface area contributed by atoms with Crippen molar-refractivity contribution in [2.24, 2.45) is 22.2 Å². The monoisotopic (exact) mass is 304 g/mol. The van der Waals surface area contributed by atoms with Gasteiger partial charge in [0.1, 0.15) is 0 Å². The van der Waals surface area contributed by atoms with Gasteiger partial charge in [-0.3, -0.25) is 0 Å². The van der Waals surface area contributed by atoms with Crippen LogP contribution in [0.15, 0.2) is 24.3 Å². The predicted octanol–water partition coefficient (Wildman–Crippen LogP) is 5.89. The minimum Gasteiger partial charge on any atom is -0.396 e. The standard InChI is InChI=1S/C21H36O/c1-6-9-17-14-19(3,7-2)13-10-18(17)21(5)12-8-11-20(4,15-21)16-22/h7,10,17,22H,2,6,8-9,11-16H2,1,3-5H3/t17?,19-,20+,21+/m0/s1. The van der Waals surface area contributed by atoms with E-state index in [0.29, 0.717) is 12.5 Å². The average Bonchev–Trinajstić information content (AvgIpc) is 2.47. The van der Waals surface area contributed by atoms with Crippen molar-refractivity contribution in [3.63, 3.8) is 0 Å². The van der Waals surface area contributed by atoms with Crippen LogP contribution < -0.4 is 0 Å². The van der Waals surface area contributed by atoms with Crippen LogP contribution in [0.5, 0.6) is 0 Å². The van der Waals surface area contributed by atoms with Crippen LogP contribution in [0.2, 0.25) is 0 Å². The van der Waals surface area contributed by atoms with Gasteiger partial charge in [0, 0.05) is 6.61 Å². The summed E-state index contributed by atoms with van der Waals surface area (Å²) in [5, 5.41) is 9.84. The molecule has 0 aliphatic heterocycles. The first kappa shape index (κ1) is 17.8. The van der Waals surface area contributed by atoms with Crippen molar-refractivity contribution < 1.29 is 5.11 Å². The predicted molar refractivity (Wildman–Crippen MR) is 95.8 cm³/mol. The molecule has 0 amide bonds. The molecule has 4 atom stereocenters. The quantitative estimate of drug-likeness (QED) is 0.627. The smallest absolute Gasteiger partial charge is 0.0485 e. The number of aliphatic hydroxyl groups excluding tert-OH is 1. The average molecular weight is 305 g/mol. The molecule has 2 aliphatic rings. The molecule has 0 spiro atoms. The van der Waals surface area contributed by atoms with E-state index < -0.39 is 0 Å². The van der Waals surface area contributed by atoms with E-state index in [4.69, 9.17) is 0 Å². The third kappa shape index (κ3) is 3.50. The zero-order valence-corrected chi connectivity index (χ0v) is 15.3. The highest BCUT2D eigenvalue weighted by Crippen LogP contribution is 2.55. The van der Waals surface area contributed by atoms with Crippen molar-refractivity contribution >= 4 is 0 Å². The summed E-state index contributed by atoms with van der Waals surface area (Å²) in [5.41, 5.74) is 2.38. The SMILES string of the molecule is C=C[C@@]1(C)CC=C([C@]2(C)CCC[C@@](C)(CO)C2)C(CCC)C1. The van der Waals surface area contributed by atoms with E-state index in [0.717, 1.165) is 12.8 Å². The summed E-state index contributed by atoms with van der Waals surface area (Å²) in [4.78, 5) is 0. The third-order valence-electron chi connectivity index (χ3n) is 6.48. The molecule has 1 fully saturated rings. The van der Waals surface area contributed by atoms with Crippen molar-refractivity contribution in [3.05, 3.63) is 24.3 Å². The minimum absolute atomic E-state index is 0.115. The van der Waals surface area contributed by atoms with Gasteiger partial charge in [-0.2, -0.15) is 0 Å². The summed E-state index contributed by atoms with van der Waals surface area (Å²) >= 11 is 0. The maximum atomic E-state index is 9.84. The van der Waals surface area contributed by atoms with Crippen molar-refractivity contribution in [3.8, 4) is 0 Å². The third-order valence-corrected chi connectivity index (χ3v) is 6.48. The molecular weight excluding hydrogens is 268 g/mol. The Bertz CT molecular complexity index is 437. The summed E-state index contributed by atoms with van der Waals surface area (Å²) < 4.78 is 0. The zero-order chi connectivity index (χ0) is 16.4. The van der Waals surface area contributed by atoms with Gasteiger partial charge < -0.3 is 5.11 Å². The molecule has 126 valence electrons. The van der Waals surface area contributed by atoms with Crippen LogP contribution in [0.3, 0.4) is 0 Å². The summed E-state index contributed by atoms with van der Waals surface area (Å²) in [7, 11) is 0. The van der Waals surface area contributed by atoms with Crippen LogP contribution in [0.4, 0.5) is 0 Å². The van der Waals surface area contributed by atoms with E-state index in [1.807, 2.05) is 0 Å². The van der Waals surface area contributed by atoms with Crippen LogP contribution in [0.1, 0.15) is 79.1 Å². The maximum Gasteiger partial charge on any atom is 0.0485 e. The number of allylic oxidation sites excluding steroid dienone is 3. The first-order valence-electron chi connectivity index (χ1n) is 9.25. The second-order valence-corrected chi connectivity index (χ2v) is 8.97. The normalized spacial score (nSPS) is 42.8. The topological polar surface area (TPSA) is 20.2 Å². The molecule has 1 saturated carbocycles. The Morgan fingerprint density at radius 1 is 1.32 bits per heavy atom. The Labute approximate surface area is 137 Å². The summed E-state index contributed by atoms with van der Waals surface area (Å²) in [6.07, 6.45) is 14.5. The second kappa shape index (κ2) is 6.51. The number of hydrogen-bond acceptors (Lipinski definition) is 1. The Morgan fingerprint density at radius 3 is 2.64 bits per heavy atom. The van der Waals surface area contributed by atoms with Crippen LogP contribution in [0, 0.1) is 22.2 Å². The van der Waals surface area contributed by atoms with E-state index in [2.05, 4.69) is 46.4 Å². The van der Waals surface area contributed by atoms with Gasteiger partial charge in [-0.05, 0) is 60.7 Å². The number of hydrogen-bond donors (Lipinski definition) is 1. The van der Waals surface area contributed by atoms with Crippen LogP contribution in [-0.2, 0) is 0 Å². The molecule has 0 radical (unpaired) electrons. The fourth-order valence-electron chi connectivity index (χ4n) is 5.18. The first-order valence-corrected chi connectivity index (χ1v) is 9.25. The molecule has 0 saturated heterocycles. The van der Waals surface area contributed by atoms with Crippen molar-refractivity contribution in [2.75, 3.05) is 6.61 Å². The molecule has 0 aromatic rings. The van der Waals surface area contributed by atoms with E-state index in [9.17, 15) is 5.11 Å². The lowest BCUT2D eigenvalue weighted by Gasteiger charge is -2.50. The van der Waals surface area contributed by atoms with Gasteiger partial charge in [0.2, 0.25) is 0 Å². The van der Waals surface area contributed by atoms with Crippen molar-refractivity contribution in [2.45, 2.75) is 79.1 Å². The van der Waals surface area contributed by atoms with Gasteiger partial charge in [0.05, 0.1) is 0 Å².